The molecule has 3 aromatic heterocycles. The summed E-state index contributed by atoms with van der Waals surface area (Å²) in [7, 11) is -2.92. The fourth-order valence-corrected chi connectivity index (χ4v) is 6.84. The van der Waals surface area contributed by atoms with Crippen LogP contribution in [0.4, 0.5) is 0 Å². The maximum Gasteiger partial charge on any atom is 3.00 e. The molecule has 4 aromatic carbocycles. The van der Waals surface area contributed by atoms with E-state index in [9.17, 15) is 0 Å². The van der Waals surface area contributed by atoms with E-state index in [1.54, 1.807) is 0 Å². The molecule has 0 unspecified atom stereocenters. The number of aromatic amines is 2. The van der Waals surface area contributed by atoms with Crippen molar-refractivity contribution in [2.45, 2.75) is 0 Å². The van der Waals surface area contributed by atoms with Crippen molar-refractivity contribution in [1.29, 1.82) is 0 Å². The second-order valence-corrected chi connectivity index (χ2v) is 12.3. The molecule has 2 aliphatic heterocycles. The van der Waals surface area contributed by atoms with E-state index in [4.69, 9.17) is 25.0 Å². The Bertz CT molecular complexity index is 2250. The van der Waals surface area contributed by atoms with Gasteiger partial charge in [0.25, 0.3) is 0 Å². The molecule has 2 aliphatic rings. The number of benzene rings is 4. The van der Waals surface area contributed by atoms with Gasteiger partial charge < -0.3 is 25.0 Å². The van der Waals surface area contributed by atoms with Crippen LogP contribution in [0.25, 0.3) is 90.9 Å². The number of nitrogens with one attached hydrogen (secondary N) is 2. The van der Waals surface area contributed by atoms with Gasteiger partial charge in [-0.2, -0.15) is 0 Å². The SMILES string of the molecule is C1=Cc2nc1c(-c1ccccc1)c1ccc([nH]1)c(-c1ccccc1)c1nc(c(-c3ccccc3)c3ccc([nH]3)c2-c2ccccc2)C=C1.[Mn+3].[O-]B([O-])[O-]. The third-order valence-corrected chi connectivity index (χ3v) is 9.00. The first-order valence-corrected chi connectivity index (χ1v) is 16.9. The second-order valence-electron chi connectivity index (χ2n) is 12.3. The fourth-order valence-electron chi connectivity index (χ4n) is 6.84. The number of H-pyrrole nitrogens is 2. The summed E-state index contributed by atoms with van der Waals surface area (Å²) in [6.07, 6.45) is 8.54. The van der Waals surface area contributed by atoms with E-state index in [2.05, 4.69) is 156 Å². The zero-order valence-corrected chi connectivity index (χ0v) is 29.4. The van der Waals surface area contributed by atoms with Crippen LogP contribution < -0.4 is 15.1 Å². The van der Waals surface area contributed by atoms with E-state index < -0.39 is 7.32 Å². The van der Waals surface area contributed by atoms with Gasteiger partial charge in [0, 0.05) is 44.3 Å². The Balaban J connectivity index is 0.000000831. The van der Waals surface area contributed by atoms with Crippen LogP contribution in [0.15, 0.2) is 146 Å². The number of hydrogen-bond donors (Lipinski definition) is 2. The van der Waals surface area contributed by atoms with Crippen molar-refractivity contribution in [2.75, 3.05) is 0 Å². The van der Waals surface area contributed by atoms with Gasteiger partial charge in [0.05, 0.1) is 22.8 Å². The molecule has 0 saturated heterocycles. The van der Waals surface area contributed by atoms with Gasteiger partial charge in [0.15, 0.2) is 0 Å². The number of nitrogens with zero attached hydrogens (tertiary/aromatic N) is 2. The summed E-state index contributed by atoms with van der Waals surface area (Å²) >= 11 is 0. The molecule has 7 aromatic rings. The van der Waals surface area contributed by atoms with E-state index >= 15 is 0 Å². The Kier molecular flexibility index (Phi) is 10.5. The first-order valence-electron chi connectivity index (χ1n) is 16.9. The van der Waals surface area contributed by atoms with Crippen molar-refractivity contribution in [2.24, 2.45) is 0 Å². The molecule has 0 atom stereocenters. The van der Waals surface area contributed by atoms with Crippen LogP contribution >= 0.6 is 0 Å². The van der Waals surface area contributed by atoms with Crippen molar-refractivity contribution in [3.05, 3.63) is 168 Å². The average molecular weight is 728 g/mol. The summed E-state index contributed by atoms with van der Waals surface area (Å²) in [6.45, 7) is 0. The van der Waals surface area contributed by atoms with Crippen LogP contribution in [0.3, 0.4) is 0 Å². The summed E-state index contributed by atoms with van der Waals surface area (Å²) in [5.74, 6) is 0. The second kappa shape index (κ2) is 15.7. The summed E-state index contributed by atoms with van der Waals surface area (Å²) in [5.41, 5.74) is 16.2. The van der Waals surface area contributed by atoms with E-state index in [-0.39, 0.29) is 17.1 Å². The number of aromatic nitrogens is 4. The van der Waals surface area contributed by atoms with Crippen LogP contribution in [-0.4, -0.2) is 27.3 Å². The molecular weight excluding hydrogens is 698 g/mol. The molecular formula is C44H30BMnN4O3. The fraction of sp³-hybridized carbons (Fsp3) is 0. The summed E-state index contributed by atoms with van der Waals surface area (Å²) in [5, 5.41) is 25.2. The number of rotatable bonds is 4. The van der Waals surface area contributed by atoms with Gasteiger partial charge in [-0.3, -0.25) is 7.32 Å². The van der Waals surface area contributed by atoms with Gasteiger partial charge in [0.2, 0.25) is 0 Å². The molecule has 7 nitrogen and oxygen atoms in total. The predicted octanol–water partition coefficient (Wildman–Crippen LogP) is 7.37. The molecule has 0 saturated carbocycles. The first kappa shape index (κ1) is 35.4. The molecule has 5 heterocycles. The molecule has 53 heavy (non-hydrogen) atoms. The molecule has 0 radical (unpaired) electrons. The molecule has 2 N–H and O–H groups in total. The van der Waals surface area contributed by atoms with Crippen molar-refractivity contribution in [3.8, 4) is 44.5 Å². The molecule has 0 spiro atoms. The molecule has 9 heteroatoms. The zero-order valence-electron chi connectivity index (χ0n) is 28.2. The third kappa shape index (κ3) is 7.34. The smallest absolute Gasteiger partial charge is 0.907 e. The average Bonchev–Trinajstić information content (AvgIpc) is 4.01. The topological polar surface area (TPSA) is 127 Å². The maximum absolute atomic E-state index is 8.42. The minimum absolute atomic E-state index is 0. The minimum atomic E-state index is -2.92. The van der Waals surface area contributed by atoms with E-state index in [0.717, 1.165) is 89.4 Å². The molecule has 9 rings (SSSR count). The molecule has 0 fully saturated rings. The van der Waals surface area contributed by atoms with Crippen LogP contribution in [0.5, 0.6) is 0 Å². The Morgan fingerprint density at radius 1 is 0.340 bits per heavy atom. The largest absolute Gasteiger partial charge is 3.00 e. The molecule has 0 aliphatic carbocycles. The number of hydrogen-bond acceptors (Lipinski definition) is 5. The van der Waals surface area contributed by atoms with E-state index in [1.807, 2.05) is 24.3 Å². The Labute approximate surface area is 317 Å². The van der Waals surface area contributed by atoms with E-state index in [0.29, 0.717) is 0 Å². The maximum atomic E-state index is 8.42. The predicted molar refractivity (Wildman–Crippen MR) is 206 cm³/mol. The summed E-state index contributed by atoms with van der Waals surface area (Å²) in [6, 6.07) is 50.7. The van der Waals surface area contributed by atoms with Crippen LogP contribution in [0.1, 0.15) is 22.8 Å². The van der Waals surface area contributed by atoms with E-state index in [1.165, 1.54) is 0 Å². The summed E-state index contributed by atoms with van der Waals surface area (Å²) < 4.78 is 0. The zero-order chi connectivity index (χ0) is 35.4. The Morgan fingerprint density at radius 3 is 0.755 bits per heavy atom. The molecule has 8 bridgehead atoms. The normalized spacial score (nSPS) is 11.4. The van der Waals surface area contributed by atoms with Gasteiger partial charge in [0.1, 0.15) is 0 Å². The third-order valence-electron chi connectivity index (χ3n) is 9.00. The Hall–Kier alpha value is -6.06. The quantitative estimate of drug-likeness (QED) is 0.183. The number of fused-ring (bicyclic) bond motifs is 8. The van der Waals surface area contributed by atoms with Crippen molar-refractivity contribution < 1.29 is 32.1 Å². The van der Waals surface area contributed by atoms with Crippen LogP contribution in [0, 0.1) is 0 Å². The monoisotopic (exact) mass is 728 g/mol. The molecule has 0 amide bonds. The van der Waals surface area contributed by atoms with Gasteiger partial charge >= 0.3 is 17.1 Å². The van der Waals surface area contributed by atoms with Gasteiger partial charge in [-0.05, 0) is 70.8 Å². The standard InChI is InChI=1S/C44H30N4.BO3.Mn/c1-5-13-29(14-6-1)41-33-21-23-35(45-33)42(30-15-7-2-8-16-30)37-25-27-39(47-37)44(32-19-11-4-12-20-32)40-28-26-38(48-40)43(31-17-9-3-10-18-31)36-24-22-34(41)46-36;2-1(3)4;/h1-28,45,48H;;/q;-3;+3. The van der Waals surface area contributed by atoms with Crippen molar-refractivity contribution >= 4 is 53.7 Å². The minimum Gasteiger partial charge on any atom is -0.907 e. The van der Waals surface area contributed by atoms with Gasteiger partial charge in [-0.1, -0.05) is 121 Å². The van der Waals surface area contributed by atoms with Crippen LogP contribution in [-0.2, 0) is 17.1 Å². The van der Waals surface area contributed by atoms with Gasteiger partial charge in [-0.25, -0.2) is 9.97 Å². The first-order chi connectivity index (χ1) is 25.5. The molecule has 254 valence electrons. The summed E-state index contributed by atoms with van der Waals surface area (Å²) in [4.78, 5) is 18.3. The van der Waals surface area contributed by atoms with Crippen molar-refractivity contribution in [1.82, 2.24) is 19.9 Å². The van der Waals surface area contributed by atoms with Gasteiger partial charge in [-0.15, -0.1) is 0 Å². The Morgan fingerprint density at radius 2 is 0.547 bits per heavy atom. The van der Waals surface area contributed by atoms with Crippen molar-refractivity contribution in [3.63, 3.8) is 0 Å². The van der Waals surface area contributed by atoms with Crippen LogP contribution in [0.2, 0.25) is 0 Å².